The predicted molar refractivity (Wildman–Crippen MR) is 98.1 cm³/mol. The van der Waals surface area contributed by atoms with Gasteiger partial charge in [0.05, 0.1) is 0 Å². The van der Waals surface area contributed by atoms with E-state index in [2.05, 4.69) is 0 Å². The van der Waals surface area contributed by atoms with Crippen molar-refractivity contribution in [1.29, 1.82) is 0 Å². The van der Waals surface area contributed by atoms with Crippen LogP contribution in [0.2, 0.25) is 0 Å². The molecule has 0 saturated carbocycles. The fraction of sp³-hybridized carbons (Fsp3) is 0.0526. The molecule has 0 aliphatic heterocycles. The molecule has 0 radical (unpaired) electrons. The molecule has 3 rings (SSSR count). The molecule has 0 bridgehead atoms. The van der Waals surface area contributed by atoms with Crippen molar-refractivity contribution >= 4 is 33.1 Å². The summed E-state index contributed by atoms with van der Waals surface area (Å²) in [7, 11) is 0. The zero-order valence-corrected chi connectivity index (χ0v) is 13.8. The molecule has 3 aromatic carbocycles. The summed E-state index contributed by atoms with van der Waals surface area (Å²) in [6.45, 7) is 0. The van der Waals surface area contributed by atoms with Gasteiger partial charge in [0, 0.05) is 0 Å². The Balaban J connectivity index is 2.41. The van der Waals surface area contributed by atoms with Crippen molar-refractivity contribution in [2.75, 3.05) is 6.35 Å². The van der Waals surface area contributed by atoms with Crippen molar-refractivity contribution in [3.8, 4) is 0 Å². The average Bonchev–Trinajstić information content (AvgIpc) is 2.63. The number of hydrogen-bond acceptors (Lipinski definition) is 1. The first-order valence-electron chi connectivity index (χ1n) is 7.20. The Hall–Kier alpha value is -1.66. The van der Waals surface area contributed by atoms with E-state index in [9.17, 15) is 5.11 Å². The molecule has 0 unspecified atom stereocenters. The zero-order valence-electron chi connectivity index (χ0n) is 12.1. The van der Waals surface area contributed by atoms with E-state index in [1.165, 1.54) is 0 Å². The third-order valence-electron chi connectivity index (χ3n) is 4.15. The van der Waals surface area contributed by atoms with Gasteiger partial charge >= 0.3 is 136 Å². The molecule has 0 atom stereocenters. The van der Waals surface area contributed by atoms with E-state index in [-0.39, 0.29) is 6.35 Å². The second kappa shape index (κ2) is 5.85. The van der Waals surface area contributed by atoms with Crippen LogP contribution >= 0.6 is 17.2 Å². The molecule has 3 heteroatoms. The van der Waals surface area contributed by atoms with Gasteiger partial charge in [-0.2, -0.15) is 0 Å². The summed E-state index contributed by atoms with van der Waals surface area (Å²) in [5.74, 6) is -3.37. The van der Waals surface area contributed by atoms with Crippen LogP contribution in [0.3, 0.4) is 0 Å². The van der Waals surface area contributed by atoms with Crippen LogP contribution in [0.25, 0.3) is 0 Å². The maximum atomic E-state index is 10.5. The van der Waals surface area contributed by atoms with Gasteiger partial charge in [0.1, 0.15) is 0 Å². The summed E-state index contributed by atoms with van der Waals surface area (Å²) in [5.41, 5.74) is 0. The monoisotopic (exact) mass is 328 g/mol. The molecule has 0 amide bonds. The minimum atomic E-state index is -3.37. The van der Waals surface area contributed by atoms with Gasteiger partial charge in [0.2, 0.25) is 0 Å². The van der Waals surface area contributed by atoms with Crippen molar-refractivity contribution in [2.45, 2.75) is 0 Å². The summed E-state index contributed by atoms with van der Waals surface area (Å²) in [5, 5.41) is 13.5. The zero-order chi connectivity index (χ0) is 15.5. The quantitative estimate of drug-likeness (QED) is 0.725. The Morgan fingerprint density at radius 1 is 0.591 bits per heavy atom. The van der Waals surface area contributed by atoms with Crippen LogP contribution in [0, 0.1) is 0 Å². The van der Waals surface area contributed by atoms with E-state index in [4.69, 9.17) is 11.2 Å². The van der Waals surface area contributed by atoms with Gasteiger partial charge in [0.15, 0.2) is 0 Å². The van der Waals surface area contributed by atoms with Gasteiger partial charge in [-0.15, -0.1) is 0 Å². The molecular weight excluding hydrogens is 311 g/mol. The topological polar surface area (TPSA) is 20.2 Å². The molecular formula is C19H18ClOP. The maximum absolute atomic E-state index is 10.5. The summed E-state index contributed by atoms with van der Waals surface area (Å²) < 4.78 is 0. The van der Waals surface area contributed by atoms with E-state index in [1.54, 1.807) is 0 Å². The second-order valence-electron chi connectivity index (χ2n) is 5.33. The third-order valence-corrected chi connectivity index (χ3v) is 10.9. The third kappa shape index (κ3) is 2.18. The van der Waals surface area contributed by atoms with Gasteiger partial charge in [-0.25, -0.2) is 0 Å². The van der Waals surface area contributed by atoms with Crippen LogP contribution in [-0.4, -0.2) is 11.5 Å². The summed E-state index contributed by atoms with van der Waals surface area (Å²) in [6.07, 6.45) is -0.106. The average molecular weight is 329 g/mol. The number of aliphatic hydroxyl groups is 1. The van der Waals surface area contributed by atoms with E-state index in [0.29, 0.717) is 0 Å². The fourth-order valence-corrected chi connectivity index (χ4v) is 7.69. The molecule has 0 aromatic heterocycles. The van der Waals surface area contributed by atoms with Gasteiger partial charge in [-0.1, -0.05) is 0 Å². The van der Waals surface area contributed by atoms with Gasteiger partial charge in [-0.05, 0) is 0 Å². The van der Waals surface area contributed by atoms with Crippen LogP contribution in [0.5, 0.6) is 0 Å². The number of rotatable bonds is 4. The second-order valence-corrected chi connectivity index (χ2v) is 11.8. The van der Waals surface area contributed by atoms with E-state index >= 15 is 0 Å². The number of benzene rings is 3. The van der Waals surface area contributed by atoms with Gasteiger partial charge < -0.3 is 0 Å². The molecule has 0 heterocycles. The van der Waals surface area contributed by atoms with Gasteiger partial charge in [-0.3, -0.25) is 0 Å². The SMILES string of the molecule is OCP(Cl)(c1ccccc1)(c1ccccc1)c1ccccc1. The first-order valence-corrected chi connectivity index (χ1v) is 10.5. The molecule has 112 valence electrons. The minimum absolute atomic E-state index is 0.106. The Morgan fingerprint density at radius 3 is 1.09 bits per heavy atom. The molecule has 0 spiro atoms. The molecule has 1 nitrogen and oxygen atoms in total. The van der Waals surface area contributed by atoms with Gasteiger partial charge in [0.25, 0.3) is 0 Å². The predicted octanol–water partition coefficient (Wildman–Crippen LogP) is 3.62. The molecule has 3 aromatic rings. The molecule has 0 saturated heterocycles. The summed E-state index contributed by atoms with van der Waals surface area (Å²) >= 11 is 7.44. The van der Waals surface area contributed by atoms with Crippen LogP contribution in [-0.2, 0) is 0 Å². The van der Waals surface area contributed by atoms with E-state index < -0.39 is 5.96 Å². The fourth-order valence-electron chi connectivity index (χ4n) is 2.91. The van der Waals surface area contributed by atoms with Crippen molar-refractivity contribution in [1.82, 2.24) is 0 Å². The van der Waals surface area contributed by atoms with E-state index in [0.717, 1.165) is 15.9 Å². The van der Waals surface area contributed by atoms with Crippen LogP contribution in [0.1, 0.15) is 0 Å². The molecule has 0 fully saturated rings. The number of halogens is 1. The van der Waals surface area contributed by atoms with Crippen molar-refractivity contribution in [3.63, 3.8) is 0 Å². The number of hydrogen-bond donors (Lipinski definition) is 1. The van der Waals surface area contributed by atoms with Crippen molar-refractivity contribution in [3.05, 3.63) is 91.0 Å². The van der Waals surface area contributed by atoms with Crippen LogP contribution < -0.4 is 15.9 Å². The standard InChI is InChI=1S/C19H18ClOP/c20-22(16-21,17-10-4-1-5-11-17,18-12-6-2-7-13-18)19-14-8-3-9-15-19/h1-15,21H,16H2. The Kier molecular flexibility index (Phi) is 4.06. The van der Waals surface area contributed by atoms with E-state index in [1.807, 2.05) is 91.0 Å². The first-order chi connectivity index (χ1) is 10.7. The Labute approximate surface area is 135 Å². The molecule has 0 aliphatic carbocycles. The number of aliphatic hydroxyl groups excluding tert-OH is 1. The van der Waals surface area contributed by atoms with Crippen LogP contribution in [0.4, 0.5) is 0 Å². The Bertz CT molecular complexity index is 645. The van der Waals surface area contributed by atoms with Crippen molar-refractivity contribution in [2.24, 2.45) is 0 Å². The normalized spacial score (nSPS) is 13.3. The van der Waals surface area contributed by atoms with Crippen LogP contribution in [0.15, 0.2) is 91.0 Å². The summed E-state index contributed by atoms with van der Waals surface area (Å²) in [6, 6.07) is 29.8. The molecule has 1 N–H and O–H groups in total. The first kappa shape index (κ1) is 15.2. The molecule has 22 heavy (non-hydrogen) atoms. The van der Waals surface area contributed by atoms with Crippen molar-refractivity contribution < 1.29 is 5.11 Å². The Morgan fingerprint density at radius 2 is 0.864 bits per heavy atom. The molecule has 0 aliphatic rings. The summed E-state index contributed by atoms with van der Waals surface area (Å²) in [4.78, 5) is 0.